The van der Waals surface area contributed by atoms with Crippen LogP contribution in [0.4, 0.5) is 31.8 Å². The van der Waals surface area contributed by atoms with Gasteiger partial charge in [0, 0.05) is 63.8 Å². The van der Waals surface area contributed by atoms with Gasteiger partial charge in [-0.25, -0.2) is 33.7 Å². The number of halogens is 4. The lowest BCUT2D eigenvalue weighted by Crippen LogP contribution is -2.06. The fourth-order valence-electron chi connectivity index (χ4n) is 6.22. The van der Waals surface area contributed by atoms with E-state index < -0.39 is 11.6 Å². The van der Waals surface area contributed by atoms with Gasteiger partial charge in [-0.2, -0.15) is 0 Å². The largest absolute Gasteiger partial charge is 0.493 e. The molecular weight excluding hydrogens is 827 g/mol. The molecule has 0 saturated heterocycles. The van der Waals surface area contributed by atoms with Crippen LogP contribution < -0.4 is 29.6 Å². The van der Waals surface area contributed by atoms with Crippen LogP contribution in [-0.4, -0.2) is 55.3 Å². The van der Waals surface area contributed by atoms with E-state index in [4.69, 9.17) is 42.1 Å². The predicted molar refractivity (Wildman–Crippen MR) is 232 cm³/mol. The minimum Gasteiger partial charge on any atom is -0.493 e. The number of fused-ring (bicyclic) bond motifs is 2. The first kappa shape index (κ1) is 42.3. The van der Waals surface area contributed by atoms with Crippen molar-refractivity contribution in [3.05, 3.63) is 143 Å². The molecule has 2 N–H and O–H groups in total. The summed E-state index contributed by atoms with van der Waals surface area (Å²) in [6.07, 6.45) is 9.10. The van der Waals surface area contributed by atoms with Crippen LogP contribution >= 0.6 is 23.2 Å². The molecular formula is C44H39Cl2F2N9O4. The number of anilines is 4. The summed E-state index contributed by atoms with van der Waals surface area (Å²) < 4.78 is 53.4. The van der Waals surface area contributed by atoms with Crippen molar-refractivity contribution < 1.29 is 27.7 Å². The van der Waals surface area contributed by atoms with Crippen molar-refractivity contribution in [2.24, 2.45) is 0 Å². The van der Waals surface area contributed by atoms with Crippen molar-refractivity contribution in [2.45, 2.75) is 33.4 Å². The van der Waals surface area contributed by atoms with Crippen LogP contribution in [0.15, 0.2) is 104 Å². The van der Waals surface area contributed by atoms with Gasteiger partial charge in [0.05, 0.1) is 43.2 Å². The summed E-state index contributed by atoms with van der Waals surface area (Å²) in [4.78, 5) is 25.5. The van der Waals surface area contributed by atoms with Gasteiger partial charge in [-0.15, -0.1) is 0 Å². The van der Waals surface area contributed by atoms with Crippen molar-refractivity contribution in [2.75, 3.05) is 31.5 Å². The number of hydrogen-bond acceptors (Lipinski definition) is 12. The Kier molecular flexibility index (Phi) is 13.5. The quantitative estimate of drug-likeness (QED) is 0.100. The number of ether oxygens (including phenoxy) is 4. The zero-order valence-electron chi connectivity index (χ0n) is 33.4. The first-order valence-corrected chi connectivity index (χ1v) is 19.6. The van der Waals surface area contributed by atoms with Gasteiger partial charge in [0.25, 0.3) is 0 Å². The second-order valence-corrected chi connectivity index (χ2v) is 14.3. The number of methoxy groups -OCH3 is 2. The van der Waals surface area contributed by atoms with Crippen LogP contribution in [0.25, 0.3) is 21.8 Å². The molecule has 312 valence electrons. The normalized spacial score (nSPS) is 10.9. The molecule has 8 rings (SSSR count). The monoisotopic (exact) mass is 865 g/mol. The first-order valence-electron chi connectivity index (χ1n) is 18.8. The molecule has 17 heteroatoms. The molecule has 0 fully saturated rings. The molecule has 8 aromatic rings. The van der Waals surface area contributed by atoms with Crippen LogP contribution in [0.5, 0.6) is 23.0 Å². The number of aromatic nitrogens is 7. The van der Waals surface area contributed by atoms with Gasteiger partial charge in [0.1, 0.15) is 48.4 Å². The maximum Gasteiger partial charge on any atom is 0.163 e. The average Bonchev–Trinajstić information content (AvgIpc) is 3.67. The SMILES string of the molecule is COc1cc2c(Nc3ccc(Cl)cc3F)ncnc2cc1OCCCn1ccnc1C.COc1cc2c(Nc3ccc(Cl)cc3F)ncnc2cc1OCc1ccnc(C)c1. The third-order valence-corrected chi connectivity index (χ3v) is 9.76. The second-order valence-electron chi connectivity index (χ2n) is 13.4. The Morgan fingerprint density at radius 3 is 1.70 bits per heavy atom. The molecule has 0 aliphatic carbocycles. The predicted octanol–water partition coefficient (Wildman–Crippen LogP) is 10.6. The van der Waals surface area contributed by atoms with Gasteiger partial charge in [0.2, 0.25) is 0 Å². The van der Waals surface area contributed by atoms with E-state index in [9.17, 15) is 8.78 Å². The van der Waals surface area contributed by atoms with Crippen LogP contribution in [0.3, 0.4) is 0 Å². The van der Waals surface area contributed by atoms with Crippen LogP contribution in [0.1, 0.15) is 23.5 Å². The maximum absolute atomic E-state index is 14.2. The lowest BCUT2D eigenvalue weighted by molar-refractivity contribution is 0.283. The van der Waals surface area contributed by atoms with E-state index in [1.807, 2.05) is 32.2 Å². The Labute approximate surface area is 359 Å². The molecule has 0 atom stereocenters. The molecule has 0 amide bonds. The fourth-order valence-corrected chi connectivity index (χ4v) is 6.54. The Morgan fingerprint density at radius 2 is 1.20 bits per heavy atom. The van der Waals surface area contributed by atoms with E-state index in [1.54, 1.807) is 75.1 Å². The van der Waals surface area contributed by atoms with Gasteiger partial charge >= 0.3 is 0 Å². The summed E-state index contributed by atoms with van der Waals surface area (Å²) in [6, 6.07) is 19.8. The number of imidazole rings is 1. The minimum atomic E-state index is -0.478. The molecule has 4 aromatic carbocycles. The molecule has 4 heterocycles. The third kappa shape index (κ3) is 10.5. The summed E-state index contributed by atoms with van der Waals surface area (Å²) in [7, 11) is 3.12. The molecule has 0 unspecified atom stereocenters. The molecule has 0 bridgehead atoms. The van der Waals surface area contributed by atoms with E-state index >= 15 is 0 Å². The number of rotatable bonds is 14. The zero-order chi connectivity index (χ0) is 42.9. The smallest absolute Gasteiger partial charge is 0.163 e. The van der Waals surface area contributed by atoms with Crippen LogP contribution in [0.2, 0.25) is 10.0 Å². The number of aryl methyl sites for hydroxylation is 3. The van der Waals surface area contributed by atoms with Crippen LogP contribution in [0, 0.1) is 25.5 Å². The van der Waals surface area contributed by atoms with Crippen LogP contribution in [-0.2, 0) is 13.2 Å². The van der Waals surface area contributed by atoms with E-state index in [0.29, 0.717) is 79.7 Å². The maximum atomic E-state index is 14.2. The summed E-state index contributed by atoms with van der Waals surface area (Å²) in [5.41, 5.74) is 3.70. The molecule has 0 saturated carbocycles. The van der Waals surface area contributed by atoms with Crippen molar-refractivity contribution in [3.8, 4) is 23.0 Å². The minimum absolute atomic E-state index is 0.256. The third-order valence-electron chi connectivity index (χ3n) is 9.29. The number of pyridine rings is 1. The Morgan fingerprint density at radius 1 is 0.623 bits per heavy atom. The number of nitrogens with one attached hydrogen (secondary N) is 2. The molecule has 0 aliphatic heterocycles. The van der Waals surface area contributed by atoms with Gasteiger partial charge in [-0.1, -0.05) is 23.2 Å². The summed E-state index contributed by atoms with van der Waals surface area (Å²) in [5.74, 6) is 3.10. The standard InChI is InChI=1S/C22H21ClFN5O2.C22H18ClFN4O2/c1-14-25-6-8-29(14)7-3-9-31-21-12-19-16(11-20(21)30-2)22(27-13-26-19)28-18-5-4-15(23)10-17(18)24;1-13-7-14(5-6-25-13)11-30-21-10-19-16(9-20(21)29-2)22(27-12-26-19)28-18-4-3-15(23)8-17(18)24/h4-6,8,10-13H,3,7,9H2,1-2H3,(H,26,27,28);3-10,12H,11H2,1-2H3,(H,26,27,28). The van der Waals surface area contributed by atoms with E-state index in [1.165, 1.54) is 24.8 Å². The molecule has 0 spiro atoms. The highest BCUT2D eigenvalue weighted by Crippen LogP contribution is 2.37. The van der Waals surface area contributed by atoms with Gasteiger partial charge in [0.15, 0.2) is 23.0 Å². The average molecular weight is 867 g/mol. The first-order chi connectivity index (χ1) is 29.6. The van der Waals surface area contributed by atoms with Gasteiger partial charge in [-0.3, -0.25) is 4.98 Å². The van der Waals surface area contributed by atoms with E-state index in [-0.39, 0.29) is 11.4 Å². The lowest BCUT2D eigenvalue weighted by atomic mass is 10.2. The number of nitrogens with zero attached hydrogens (tertiary/aromatic N) is 7. The Balaban J connectivity index is 0.000000184. The lowest BCUT2D eigenvalue weighted by Gasteiger charge is -2.14. The second kappa shape index (κ2) is 19.5. The Hall–Kier alpha value is -6.84. The molecule has 4 aromatic heterocycles. The van der Waals surface area contributed by atoms with E-state index in [2.05, 4.69) is 45.1 Å². The Bertz CT molecular complexity index is 2810. The topological polar surface area (TPSA) is 143 Å². The van der Waals surface area contributed by atoms with Crippen molar-refractivity contribution in [1.82, 2.24) is 34.5 Å². The van der Waals surface area contributed by atoms with Crippen molar-refractivity contribution in [3.63, 3.8) is 0 Å². The molecule has 61 heavy (non-hydrogen) atoms. The highest BCUT2D eigenvalue weighted by molar-refractivity contribution is 6.31. The van der Waals surface area contributed by atoms with Crippen molar-refractivity contribution in [1.29, 1.82) is 0 Å². The molecule has 0 aliphatic rings. The number of benzene rings is 4. The fraction of sp³-hybridized carbons (Fsp3) is 0.182. The summed E-state index contributed by atoms with van der Waals surface area (Å²) >= 11 is 11.7. The highest BCUT2D eigenvalue weighted by Gasteiger charge is 2.15. The molecule has 13 nitrogen and oxygen atoms in total. The number of hydrogen-bond donors (Lipinski definition) is 2. The van der Waals surface area contributed by atoms with Gasteiger partial charge < -0.3 is 34.1 Å². The zero-order valence-corrected chi connectivity index (χ0v) is 34.9. The van der Waals surface area contributed by atoms with Crippen molar-refractivity contribution >= 4 is 68.0 Å². The van der Waals surface area contributed by atoms with Gasteiger partial charge in [-0.05, 0) is 86.5 Å². The summed E-state index contributed by atoms with van der Waals surface area (Å²) in [5, 5.41) is 7.96. The highest BCUT2D eigenvalue weighted by atomic mass is 35.5. The van der Waals surface area contributed by atoms with E-state index in [0.717, 1.165) is 30.0 Å². The molecule has 0 radical (unpaired) electrons. The summed E-state index contributed by atoms with van der Waals surface area (Å²) in [6.45, 7) is 5.57.